The first-order valence-electron chi connectivity index (χ1n) is 3.18. The molecular formula is C6H14N2O. The molecule has 0 amide bonds. The van der Waals surface area contributed by atoms with Crippen LogP contribution in [0, 0.1) is 0 Å². The van der Waals surface area contributed by atoms with Crippen LogP contribution in [0.3, 0.4) is 0 Å². The molecule has 0 aromatic heterocycles. The standard InChI is InChI=1S/C6H14N2O/c1-6(7)4-8(2)3-5(6)9/h5,9H,3-4,7H2,1-2H3/t5-,6-/m1/s1. The van der Waals surface area contributed by atoms with Gasteiger partial charge in [-0.2, -0.15) is 0 Å². The van der Waals surface area contributed by atoms with Gasteiger partial charge in [0.2, 0.25) is 0 Å². The van der Waals surface area contributed by atoms with Gasteiger partial charge in [-0.15, -0.1) is 0 Å². The summed E-state index contributed by atoms with van der Waals surface area (Å²) in [6.45, 7) is 3.36. The number of nitrogens with zero attached hydrogens (tertiary/aromatic N) is 1. The second-order valence-electron chi connectivity index (χ2n) is 3.22. The molecule has 0 aliphatic carbocycles. The van der Waals surface area contributed by atoms with Crippen molar-refractivity contribution in [3.63, 3.8) is 0 Å². The Hall–Kier alpha value is -0.120. The van der Waals surface area contributed by atoms with Crippen LogP contribution >= 0.6 is 0 Å². The highest BCUT2D eigenvalue weighted by molar-refractivity contribution is 4.96. The number of β-amino-alcohol motifs (C(OH)–C–C–N with tert-alkyl or cyclic N) is 1. The molecule has 0 aromatic rings. The molecule has 54 valence electrons. The van der Waals surface area contributed by atoms with Crippen molar-refractivity contribution in [2.45, 2.75) is 18.6 Å². The lowest BCUT2D eigenvalue weighted by Crippen LogP contribution is -2.47. The van der Waals surface area contributed by atoms with E-state index in [1.165, 1.54) is 0 Å². The van der Waals surface area contributed by atoms with E-state index < -0.39 is 5.54 Å². The van der Waals surface area contributed by atoms with Crippen LogP contribution in [0.5, 0.6) is 0 Å². The molecule has 1 aliphatic heterocycles. The lowest BCUT2D eigenvalue weighted by Gasteiger charge is -2.20. The van der Waals surface area contributed by atoms with Gasteiger partial charge in [-0.3, -0.25) is 0 Å². The average molecular weight is 130 g/mol. The van der Waals surface area contributed by atoms with Crippen molar-refractivity contribution >= 4 is 0 Å². The fraction of sp³-hybridized carbons (Fsp3) is 1.00. The maximum Gasteiger partial charge on any atom is 0.0855 e. The van der Waals surface area contributed by atoms with Crippen LogP contribution in [0.4, 0.5) is 0 Å². The van der Waals surface area contributed by atoms with Crippen molar-refractivity contribution < 1.29 is 5.11 Å². The Bertz CT molecular complexity index is 114. The number of aliphatic hydroxyl groups is 1. The van der Waals surface area contributed by atoms with Crippen LogP contribution in [0.1, 0.15) is 6.92 Å². The molecule has 1 aliphatic rings. The SMILES string of the molecule is CN1C[C@@H](O)[C@](C)(N)C1. The van der Waals surface area contributed by atoms with E-state index in [9.17, 15) is 5.11 Å². The molecule has 0 spiro atoms. The van der Waals surface area contributed by atoms with Crippen LogP contribution in [-0.2, 0) is 0 Å². The fourth-order valence-electron chi connectivity index (χ4n) is 1.26. The third-order valence-corrected chi connectivity index (χ3v) is 1.86. The normalized spacial score (nSPS) is 46.0. The third-order valence-electron chi connectivity index (χ3n) is 1.86. The molecule has 3 N–H and O–H groups in total. The minimum absolute atomic E-state index is 0.359. The van der Waals surface area contributed by atoms with Crippen molar-refractivity contribution in [3.8, 4) is 0 Å². The van der Waals surface area contributed by atoms with Crippen molar-refractivity contribution in [1.82, 2.24) is 4.90 Å². The minimum atomic E-state index is -0.394. The first-order chi connectivity index (χ1) is 4.02. The zero-order valence-electron chi connectivity index (χ0n) is 5.96. The summed E-state index contributed by atoms with van der Waals surface area (Å²) in [6, 6.07) is 0. The molecule has 0 aromatic carbocycles. The highest BCUT2D eigenvalue weighted by Gasteiger charge is 2.36. The van der Waals surface area contributed by atoms with Crippen molar-refractivity contribution in [2.75, 3.05) is 20.1 Å². The van der Waals surface area contributed by atoms with Gasteiger partial charge in [0.1, 0.15) is 0 Å². The summed E-state index contributed by atoms with van der Waals surface area (Å²) in [5.41, 5.74) is 5.33. The molecule has 1 saturated heterocycles. The molecular weight excluding hydrogens is 116 g/mol. The van der Waals surface area contributed by atoms with E-state index in [4.69, 9.17) is 5.73 Å². The molecule has 1 rings (SSSR count). The second-order valence-corrected chi connectivity index (χ2v) is 3.22. The maximum absolute atomic E-state index is 9.26. The highest BCUT2D eigenvalue weighted by Crippen LogP contribution is 2.16. The molecule has 0 unspecified atom stereocenters. The highest BCUT2D eigenvalue weighted by atomic mass is 16.3. The first kappa shape index (κ1) is 6.99. The molecule has 0 bridgehead atoms. The maximum atomic E-state index is 9.26. The molecule has 1 heterocycles. The van der Waals surface area contributed by atoms with Gasteiger partial charge < -0.3 is 15.7 Å². The van der Waals surface area contributed by atoms with E-state index in [-0.39, 0.29) is 6.10 Å². The van der Waals surface area contributed by atoms with E-state index in [0.29, 0.717) is 6.54 Å². The monoisotopic (exact) mass is 130 g/mol. The second kappa shape index (κ2) is 1.94. The predicted molar refractivity (Wildman–Crippen MR) is 36.1 cm³/mol. The minimum Gasteiger partial charge on any atom is -0.390 e. The van der Waals surface area contributed by atoms with Crippen LogP contribution in [0.15, 0.2) is 0 Å². The van der Waals surface area contributed by atoms with Crippen LogP contribution in [-0.4, -0.2) is 41.8 Å². The summed E-state index contributed by atoms with van der Waals surface area (Å²) in [5.74, 6) is 0. The van der Waals surface area contributed by atoms with Crippen molar-refractivity contribution in [3.05, 3.63) is 0 Å². The topological polar surface area (TPSA) is 49.5 Å². The summed E-state index contributed by atoms with van der Waals surface area (Å²) >= 11 is 0. The molecule has 0 saturated carbocycles. The number of hydrogen-bond donors (Lipinski definition) is 2. The number of aliphatic hydroxyl groups excluding tert-OH is 1. The van der Waals surface area contributed by atoms with E-state index >= 15 is 0 Å². The summed E-state index contributed by atoms with van der Waals surface area (Å²) in [6.07, 6.45) is -0.359. The summed E-state index contributed by atoms with van der Waals surface area (Å²) in [4.78, 5) is 2.03. The smallest absolute Gasteiger partial charge is 0.0855 e. The van der Waals surface area contributed by atoms with Gasteiger partial charge in [-0.1, -0.05) is 0 Å². The van der Waals surface area contributed by atoms with E-state index in [2.05, 4.69) is 0 Å². The van der Waals surface area contributed by atoms with Gasteiger partial charge in [-0.25, -0.2) is 0 Å². The van der Waals surface area contributed by atoms with Crippen LogP contribution in [0.2, 0.25) is 0 Å². The third kappa shape index (κ3) is 1.23. The van der Waals surface area contributed by atoms with E-state index in [1.807, 2.05) is 18.9 Å². The van der Waals surface area contributed by atoms with Gasteiger partial charge in [0.25, 0.3) is 0 Å². The Kier molecular flexibility index (Phi) is 1.50. The fourth-order valence-corrected chi connectivity index (χ4v) is 1.26. The number of hydrogen-bond acceptors (Lipinski definition) is 3. The van der Waals surface area contributed by atoms with Crippen LogP contribution in [0.25, 0.3) is 0 Å². The van der Waals surface area contributed by atoms with Gasteiger partial charge in [0, 0.05) is 13.1 Å². The summed E-state index contributed by atoms with van der Waals surface area (Å²) < 4.78 is 0. The van der Waals surface area contributed by atoms with Crippen molar-refractivity contribution in [1.29, 1.82) is 0 Å². The van der Waals surface area contributed by atoms with E-state index in [0.717, 1.165) is 6.54 Å². The van der Waals surface area contributed by atoms with Crippen molar-refractivity contribution in [2.24, 2.45) is 5.73 Å². The quantitative estimate of drug-likeness (QED) is 0.442. The largest absolute Gasteiger partial charge is 0.390 e. The molecule has 3 heteroatoms. The molecule has 9 heavy (non-hydrogen) atoms. The zero-order valence-corrected chi connectivity index (χ0v) is 5.96. The van der Waals surface area contributed by atoms with E-state index in [1.54, 1.807) is 0 Å². The number of nitrogens with two attached hydrogens (primary N) is 1. The molecule has 3 nitrogen and oxygen atoms in total. The Morgan fingerprint density at radius 2 is 2.33 bits per heavy atom. The Balaban J connectivity index is 2.58. The van der Waals surface area contributed by atoms with Gasteiger partial charge in [-0.05, 0) is 14.0 Å². The molecule has 1 fully saturated rings. The van der Waals surface area contributed by atoms with Gasteiger partial charge in [0.15, 0.2) is 0 Å². The average Bonchev–Trinajstić information content (AvgIpc) is 1.79. The number of likely N-dealkylation sites (tertiary alicyclic amines) is 1. The number of likely N-dealkylation sites (N-methyl/N-ethyl adjacent to an activating group) is 1. The number of rotatable bonds is 0. The summed E-state index contributed by atoms with van der Waals surface area (Å²) in [7, 11) is 1.96. The van der Waals surface area contributed by atoms with Gasteiger partial charge in [0.05, 0.1) is 11.6 Å². The lowest BCUT2D eigenvalue weighted by atomic mass is 10.0. The Morgan fingerprint density at radius 1 is 1.78 bits per heavy atom. The van der Waals surface area contributed by atoms with Crippen LogP contribution < -0.4 is 5.73 Å². The predicted octanol–water partition coefficient (Wildman–Crippen LogP) is -0.990. The lowest BCUT2D eigenvalue weighted by molar-refractivity contribution is 0.132. The first-order valence-corrected chi connectivity index (χ1v) is 3.18. The Morgan fingerprint density at radius 3 is 2.44 bits per heavy atom. The molecule has 0 radical (unpaired) electrons. The zero-order chi connectivity index (χ0) is 7.07. The van der Waals surface area contributed by atoms with Gasteiger partial charge >= 0.3 is 0 Å². The summed E-state index contributed by atoms with van der Waals surface area (Å²) in [5, 5.41) is 9.26. The Labute approximate surface area is 55.5 Å². The molecule has 2 atom stereocenters.